The summed E-state index contributed by atoms with van der Waals surface area (Å²) in [6.07, 6.45) is 2.29. The van der Waals surface area contributed by atoms with Crippen molar-refractivity contribution in [2.75, 3.05) is 6.61 Å². The van der Waals surface area contributed by atoms with Crippen LogP contribution in [0.4, 0.5) is 0 Å². The minimum Gasteiger partial charge on any atom is -0.491 e. The molecule has 0 fully saturated rings. The van der Waals surface area contributed by atoms with Crippen LogP contribution in [0.3, 0.4) is 0 Å². The predicted octanol–water partition coefficient (Wildman–Crippen LogP) is 3.64. The summed E-state index contributed by atoms with van der Waals surface area (Å²) in [7, 11) is 1.86. The zero-order valence-electron chi connectivity index (χ0n) is 14.3. The third-order valence-corrected chi connectivity index (χ3v) is 5.08. The molecule has 0 saturated carbocycles. The highest BCUT2D eigenvalue weighted by Crippen LogP contribution is 2.34. The first kappa shape index (κ1) is 16.8. The molecule has 0 spiro atoms. The number of rotatable bonds is 4. The topological polar surface area (TPSA) is 56.2 Å². The van der Waals surface area contributed by atoms with Gasteiger partial charge in [0, 0.05) is 23.5 Å². The van der Waals surface area contributed by atoms with Crippen LogP contribution in [0.1, 0.15) is 33.2 Å². The molecule has 1 unspecified atom stereocenters. The number of nitrogens with zero attached hydrogens (tertiary/aromatic N) is 2. The second kappa shape index (κ2) is 6.96. The molecule has 132 valence electrons. The molecule has 5 nitrogen and oxygen atoms in total. The fourth-order valence-electron chi connectivity index (χ4n) is 3.19. The van der Waals surface area contributed by atoms with Crippen LogP contribution in [0, 0.1) is 0 Å². The lowest BCUT2D eigenvalue weighted by molar-refractivity contribution is 0.0929. The van der Waals surface area contributed by atoms with Gasteiger partial charge in [-0.25, -0.2) is 0 Å². The summed E-state index contributed by atoms with van der Waals surface area (Å²) in [5.74, 6) is 0.675. The number of fused-ring (bicyclic) bond motifs is 1. The van der Waals surface area contributed by atoms with Crippen LogP contribution in [0.2, 0.25) is 0 Å². The Hall–Kier alpha value is -2.60. The van der Waals surface area contributed by atoms with E-state index in [1.807, 2.05) is 55.6 Å². The Morgan fingerprint density at radius 1 is 1.31 bits per heavy atom. The van der Waals surface area contributed by atoms with Crippen molar-refractivity contribution in [3.05, 3.63) is 81.6 Å². The van der Waals surface area contributed by atoms with E-state index >= 15 is 0 Å². The average Bonchev–Trinajstić information content (AvgIpc) is 3.20. The first-order valence-corrected chi connectivity index (χ1v) is 9.19. The molecule has 1 aliphatic rings. The number of carbonyl (C=O) groups excluding carboxylic acids is 1. The molecule has 2 heterocycles. The molecule has 0 radical (unpaired) electrons. The van der Waals surface area contributed by atoms with Crippen molar-refractivity contribution in [3.63, 3.8) is 0 Å². The quantitative estimate of drug-likeness (QED) is 0.712. The molecule has 2 aromatic carbocycles. The van der Waals surface area contributed by atoms with Crippen molar-refractivity contribution in [1.82, 2.24) is 15.1 Å². The van der Waals surface area contributed by atoms with Crippen LogP contribution in [-0.2, 0) is 13.5 Å². The smallest absolute Gasteiger partial charge is 0.255 e. The maximum atomic E-state index is 12.9. The van der Waals surface area contributed by atoms with Gasteiger partial charge in [0.15, 0.2) is 0 Å². The minimum atomic E-state index is -0.157. The van der Waals surface area contributed by atoms with Crippen molar-refractivity contribution < 1.29 is 9.53 Å². The van der Waals surface area contributed by atoms with Gasteiger partial charge in [0.05, 0.1) is 23.5 Å². The molecular weight excluding hydrogens is 394 g/mol. The lowest BCUT2D eigenvalue weighted by Crippen LogP contribution is -2.30. The first-order valence-electron chi connectivity index (χ1n) is 8.40. The lowest BCUT2D eigenvalue weighted by Gasteiger charge is -2.12. The van der Waals surface area contributed by atoms with Gasteiger partial charge in [0.1, 0.15) is 12.4 Å². The van der Waals surface area contributed by atoms with E-state index in [0.717, 1.165) is 27.0 Å². The van der Waals surface area contributed by atoms with E-state index in [0.29, 0.717) is 18.6 Å². The number of hydrogen-bond donors (Lipinski definition) is 1. The SMILES string of the molecule is Cn1ncc(C(=O)NC2COc3cc(Br)ccc32)c1Cc1ccccc1. The number of amides is 1. The summed E-state index contributed by atoms with van der Waals surface area (Å²) >= 11 is 3.44. The Morgan fingerprint density at radius 2 is 2.12 bits per heavy atom. The molecule has 4 rings (SSSR count). The maximum absolute atomic E-state index is 12.9. The number of ether oxygens (including phenoxy) is 1. The Kier molecular flexibility index (Phi) is 4.51. The molecule has 0 saturated heterocycles. The third kappa shape index (κ3) is 3.24. The summed E-state index contributed by atoms with van der Waals surface area (Å²) in [5.41, 5.74) is 3.63. The first-order chi connectivity index (χ1) is 12.6. The van der Waals surface area contributed by atoms with Gasteiger partial charge in [-0.1, -0.05) is 52.3 Å². The number of benzene rings is 2. The third-order valence-electron chi connectivity index (χ3n) is 4.58. The molecular formula is C20H18BrN3O2. The van der Waals surface area contributed by atoms with Crippen LogP contribution in [0.15, 0.2) is 59.2 Å². The fourth-order valence-corrected chi connectivity index (χ4v) is 3.53. The van der Waals surface area contributed by atoms with Gasteiger partial charge in [-0.05, 0) is 17.7 Å². The van der Waals surface area contributed by atoms with Crippen LogP contribution in [0.5, 0.6) is 5.75 Å². The molecule has 6 heteroatoms. The Balaban J connectivity index is 1.55. The highest BCUT2D eigenvalue weighted by atomic mass is 79.9. The van der Waals surface area contributed by atoms with Gasteiger partial charge in [0.2, 0.25) is 0 Å². The molecule has 0 aliphatic carbocycles. The number of carbonyl (C=O) groups is 1. The van der Waals surface area contributed by atoms with Crippen molar-refractivity contribution in [3.8, 4) is 5.75 Å². The average molecular weight is 412 g/mol. The van der Waals surface area contributed by atoms with Crippen LogP contribution in [0.25, 0.3) is 0 Å². The van der Waals surface area contributed by atoms with E-state index < -0.39 is 0 Å². The van der Waals surface area contributed by atoms with Gasteiger partial charge in [-0.2, -0.15) is 5.10 Å². The van der Waals surface area contributed by atoms with Gasteiger partial charge < -0.3 is 10.1 Å². The fraction of sp³-hybridized carbons (Fsp3) is 0.200. The van der Waals surface area contributed by atoms with E-state index in [-0.39, 0.29) is 11.9 Å². The van der Waals surface area contributed by atoms with E-state index in [9.17, 15) is 4.79 Å². The zero-order valence-corrected chi connectivity index (χ0v) is 15.9. The molecule has 0 bridgehead atoms. The predicted molar refractivity (Wildman–Crippen MR) is 102 cm³/mol. The molecule has 1 atom stereocenters. The van der Waals surface area contributed by atoms with Crippen molar-refractivity contribution in [2.24, 2.45) is 7.05 Å². The number of nitrogens with one attached hydrogen (secondary N) is 1. The largest absolute Gasteiger partial charge is 0.491 e. The molecule has 1 N–H and O–H groups in total. The molecule has 1 aromatic heterocycles. The Labute approximate surface area is 160 Å². The van der Waals surface area contributed by atoms with Crippen molar-refractivity contribution >= 4 is 21.8 Å². The van der Waals surface area contributed by atoms with Crippen molar-refractivity contribution in [1.29, 1.82) is 0 Å². The summed E-state index contributed by atoms with van der Waals surface area (Å²) < 4.78 is 8.42. The highest BCUT2D eigenvalue weighted by molar-refractivity contribution is 9.10. The normalized spacial score (nSPS) is 15.4. The number of aromatic nitrogens is 2. The van der Waals surface area contributed by atoms with Crippen LogP contribution < -0.4 is 10.1 Å². The van der Waals surface area contributed by atoms with E-state index in [4.69, 9.17) is 4.74 Å². The second-order valence-electron chi connectivity index (χ2n) is 6.31. The van der Waals surface area contributed by atoms with E-state index in [1.165, 1.54) is 0 Å². The zero-order chi connectivity index (χ0) is 18.1. The van der Waals surface area contributed by atoms with Gasteiger partial charge in [-0.3, -0.25) is 9.48 Å². The molecule has 1 aliphatic heterocycles. The number of aryl methyl sites for hydroxylation is 1. The van der Waals surface area contributed by atoms with Gasteiger partial charge in [-0.15, -0.1) is 0 Å². The number of halogens is 1. The standard InChI is InChI=1S/C20H18BrN3O2/c1-24-18(9-13-5-3-2-4-6-13)16(11-22-24)20(25)23-17-12-26-19-10-14(21)7-8-15(17)19/h2-8,10-11,17H,9,12H2,1H3,(H,23,25). The summed E-state index contributed by atoms with van der Waals surface area (Å²) in [4.78, 5) is 12.9. The second-order valence-corrected chi connectivity index (χ2v) is 7.23. The van der Waals surface area contributed by atoms with E-state index in [2.05, 4.69) is 26.3 Å². The molecule has 26 heavy (non-hydrogen) atoms. The molecule has 1 amide bonds. The summed E-state index contributed by atoms with van der Waals surface area (Å²) in [6, 6.07) is 15.8. The lowest BCUT2D eigenvalue weighted by atomic mass is 10.1. The molecule has 3 aromatic rings. The van der Waals surface area contributed by atoms with Gasteiger partial charge in [0.25, 0.3) is 5.91 Å². The highest BCUT2D eigenvalue weighted by Gasteiger charge is 2.27. The van der Waals surface area contributed by atoms with Crippen molar-refractivity contribution in [2.45, 2.75) is 12.5 Å². The van der Waals surface area contributed by atoms with Crippen LogP contribution in [-0.4, -0.2) is 22.3 Å². The monoisotopic (exact) mass is 411 g/mol. The maximum Gasteiger partial charge on any atom is 0.255 e. The van der Waals surface area contributed by atoms with Gasteiger partial charge >= 0.3 is 0 Å². The Bertz CT molecular complexity index is 953. The number of hydrogen-bond acceptors (Lipinski definition) is 3. The summed E-state index contributed by atoms with van der Waals surface area (Å²) in [5, 5.41) is 7.36. The van der Waals surface area contributed by atoms with Crippen LogP contribution >= 0.6 is 15.9 Å². The summed E-state index contributed by atoms with van der Waals surface area (Å²) in [6.45, 7) is 0.436. The minimum absolute atomic E-state index is 0.131. The van der Waals surface area contributed by atoms with E-state index in [1.54, 1.807) is 10.9 Å². The Morgan fingerprint density at radius 3 is 2.92 bits per heavy atom.